The second kappa shape index (κ2) is 17.9. The van der Waals surface area contributed by atoms with Crippen LogP contribution in [0.1, 0.15) is 142 Å². The molecule has 210 valence electrons. The summed E-state index contributed by atoms with van der Waals surface area (Å²) in [4.78, 5) is 12.6. The number of esters is 1. The number of hydrogen-bond acceptors (Lipinski definition) is 3. The van der Waals surface area contributed by atoms with Crippen molar-refractivity contribution in [2.24, 2.45) is 23.7 Å². The second-order valence-electron chi connectivity index (χ2n) is 12.2. The molecule has 2 aliphatic carbocycles. The van der Waals surface area contributed by atoms with E-state index in [1.807, 2.05) is 24.3 Å². The summed E-state index contributed by atoms with van der Waals surface area (Å²) in [6.07, 6.45) is 26.3. The Morgan fingerprint density at radius 2 is 1.08 bits per heavy atom. The van der Waals surface area contributed by atoms with Gasteiger partial charge in [0.1, 0.15) is 11.5 Å². The minimum absolute atomic E-state index is 0.0492. The predicted octanol–water partition coefficient (Wildman–Crippen LogP) is 10.3. The standard InChI is InChI=1S/C34H56O3/c1-3-5-7-8-10-13-28-15-17-30(18-16-28)14-11-27-36-32-23-25-33(26-24-32)37-34(35)31-21-19-29(20-22-31)12-9-6-4-2/h23-26,28-31H,3-22,27H2,1-2H3. The van der Waals surface area contributed by atoms with Crippen molar-refractivity contribution in [3.8, 4) is 11.5 Å². The first kappa shape index (κ1) is 30.0. The molecule has 1 aromatic carbocycles. The van der Waals surface area contributed by atoms with E-state index in [1.165, 1.54) is 109 Å². The first-order valence-electron chi connectivity index (χ1n) is 16.1. The molecular weight excluding hydrogens is 456 g/mol. The van der Waals surface area contributed by atoms with Crippen molar-refractivity contribution in [2.45, 2.75) is 142 Å². The first-order valence-corrected chi connectivity index (χ1v) is 16.1. The SMILES string of the molecule is CCCCCCCC1CCC(CCCOc2ccc(OC(=O)C3CCC(CCCCC)CC3)cc2)CC1. The maximum Gasteiger partial charge on any atom is 0.314 e. The van der Waals surface area contributed by atoms with Crippen molar-refractivity contribution in [1.29, 1.82) is 0 Å². The van der Waals surface area contributed by atoms with Crippen LogP contribution in [-0.2, 0) is 4.79 Å². The number of carbonyl (C=O) groups excluding carboxylic acids is 1. The van der Waals surface area contributed by atoms with E-state index in [4.69, 9.17) is 9.47 Å². The smallest absolute Gasteiger partial charge is 0.314 e. The van der Waals surface area contributed by atoms with Gasteiger partial charge in [-0.05, 0) is 80.5 Å². The Kier molecular flexibility index (Phi) is 14.5. The van der Waals surface area contributed by atoms with Gasteiger partial charge in [0.25, 0.3) is 0 Å². The fourth-order valence-corrected chi connectivity index (χ4v) is 6.58. The van der Waals surface area contributed by atoms with Crippen molar-refractivity contribution in [2.75, 3.05) is 6.61 Å². The first-order chi connectivity index (χ1) is 18.2. The van der Waals surface area contributed by atoms with Gasteiger partial charge in [0, 0.05) is 0 Å². The largest absolute Gasteiger partial charge is 0.494 e. The number of benzene rings is 1. The normalized spacial score (nSPS) is 24.1. The quantitative estimate of drug-likeness (QED) is 0.118. The van der Waals surface area contributed by atoms with E-state index in [9.17, 15) is 4.79 Å². The Balaban J connectivity index is 1.23. The van der Waals surface area contributed by atoms with Gasteiger partial charge in [-0.1, -0.05) is 104 Å². The molecule has 2 saturated carbocycles. The Morgan fingerprint density at radius 1 is 0.622 bits per heavy atom. The highest BCUT2D eigenvalue weighted by Crippen LogP contribution is 2.35. The molecule has 0 atom stereocenters. The van der Waals surface area contributed by atoms with Crippen LogP contribution in [0, 0.1) is 23.7 Å². The summed E-state index contributed by atoms with van der Waals surface area (Å²) < 4.78 is 11.7. The monoisotopic (exact) mass is 512 g/mol. The lowest BCUT2D eigenvalue weighted by molar-refractivity contribution is -0.140. The Hall–Kier alpha value is -1.51. The molecule has 2 fully saturated rings. The van der Waals surface area contributed by atoms with Crippen LogP contribution in [0.15, 0.2) is 24.3 Å². The van der Waals surface area contributed by atoms with Crippen LogP contribution in [0.25, 0.3) is 0 Å². The van der Waals surface area contributed by atoms with Crippen LogP contribution in [0.3, 0.4) is 0 Å². The van der Waals surface area contributed by atoms with Crippen LogP contribution < -0.4 is 9.47 Å². The molecule has 3 rings (SSSR count). The number of hydrogen-bond donors (Lipinski definition) is 0. The average Bonchev–Trinajstić information content (AvgIpc) is 2.93. The number of carbonyl (C=O) groups is 1. The van der Waals surface area contributed by atoms with E-state index in [0.29, 0.717) is 5.75 Å². The molecule has 0 N–H and O–H groups in total. The van der Waals surface area contributed by atoms with E-state index in [-0.39, 0.29) is 11.9 Å². The third-order valence-corrected chi connectivity index (χ3v) is 9.15. The molecule has 0 spiro atoms. The van der Waals surface area contributed by atoms with Crippen molar-refractivity contribution in [1.82, 2.24) is 0 Å². The van der Waals surface area contributed by atoms with E-state index in [2.05, 4.69) is 13.8 Å². The van der Waals surface area contributed by atoms with Crippen LogP contribution in [0.4, 0.5) is 0 Å². The summed E-state index contributed by atoms with van der Waals surface area (Å²) in [5.74, 6) is 4.24. The molecule has 1 aromatic rings. The second-order valence-corrected chi connectivity index (χ2v) is 12.2. The lowest BCUT2D eigenvalue weighted by atomic mass is 9.78. The van der Waals surface area contributed by atoms with Gasteiger partial charge in [0.05, 0.1) is 12.5 Å². The Morgan fingerprint density at radius 3 is 1.68 bits per heavy atom. The lowest BCUT2D eigenvalue weighted by Crippen LogP contribution is -2.25. The number of rotatable bonds is 17. The molecule has 0 saturated heterocycles. The van der Waals surface area contributed by atoms with E-state index >= 15 is 0 Å². The van der Waals surface area contributed by atoms with Gasteiger partial charge < -0.3 is 9.47 Å². The van der Waals surface area contributed by atoms with Gasteiger partial charge in [-0.3, -0.25) is 4.79 Å². The minimum Gasteiger partial charge on any atom is -0.494 e. The third kappa shape index (κ3) is 11.8. The molecule has 0 heterocycles. The maximum atomic E-state index is 12.6. The fraction of sp³-hybridized carbons (Fsp3) is 0.794. The summed E-state index contributed by atoms with van der Waals surface area (Å²) in [6.45, 7) is 5.33. The van der Waals surface area contributed by atoms with Gasteiger partial charge in [-0.25, -0.2) is 0 Å². The van der Waals surface area contributed by atoms with Gasteiger partial charge in [0.15, 0.2) is 0 Å². The third-order valence-electron chi connectivity index (χ3n) is 9.15. The zero-order chi connectivity index (χ0) is 26.1. The average molecular weight is 513 g/mol. The Labute approximate surface area is 228 Å². The highest BCUT2D eigenvalue weighted by Gasteiger charge is 2.27. The summed E-state index contributed by atoms with van der Waals surface area (Å²) in [5, 5.41) is 0. The molecule has 2 aliphatic rings. The van der Waals surface area contributed by atoms with Gasteiger partial charge in [-0.2, -0.15) is 0 Å². The van der Waals surface area contributed by atoms with Crippen LogP contribution in [-0.4, -0.2) is 12.6 Å². The Bertz CT molecular complexity index is 711. The van der Waals surface area contributed by atoms with Crippen molar-refractivity contribution in [3.63, 3.8) is 0 Å². The van der Waals surface area contributed by atoms with E-state index in [0.717, 1.165) is 49.4 Å². The lowest BCUT2D eigenvalue weighted by Gasteiger charge is -2.28. The molecule has 0 bridgehead atoms. The molecule has 0 unspecified atom stereocenters. The van der Waals surface area contributed by atoms with Crippen molar-refractivity contribution in [3.05, 3.63) is 24.3 Å². The van der Waals surface area contributed by atoms with Crippen LogP contribution in [0.5, 0.6) is 11.5 Å². The molecule has 0 aliphatic heterocycles. The highest BCUT2D eigenvalue weighted by molar-refractivity contribution is 5.75. The minimum atomic E-state index is -0.0492. The van der Waals surface area contributed by atoms with Gasteiger partial charge in [0.2, 0.25) is 0 Å². The van der Waals surface area contributed by atoms with Crippen molar-refractivity contribution >= 4 is 5.97 Å². The molecular formula is C34H56O3. The zero-order valence-electron chi connectivity index (χ0n) is 24.2. The predicted molar refractivity (Wildman–Crippen MR) is 155 cm³/mol. The fourth-order valence-electron chi connectivity index (χ4n) is 6.58. The number of unbranched alkanes of at least 4 members (excludes halogenated alkanes) is 6. The van der Waals surface area contributed by atoms with Gasteiger partial charge >= 0.3 is 5.97 Å². The molecule has 3 nitrogen and oxygen atoms in total. The molecule has 0 radical (unpaired) electrons. The van der Waals surface area contributed by atoms with E-state index < -0.39 is 0 Å². The molecule has 0 amide bonds. The molecule has 0 aromatic heterocycles. The molecule has 3 heteroatoms. The number of ether oxygens (including phenoxy) is 2. The van der Waals surface area contributed by atoms with Crippen LogP contribution >= 0.6 is 0 Å². The topological polar surface area (TPSA) is 35.5 Å². The van der Waals surface area contributed by atoms with Crippen LogP contribution in [0.2, 0.25) is 0 Å². The van der Waals surface area contributed by atoms with Gasteiger partial charge in [-0.15, -0.1) is 0 Å². The summed E-state index contributed by atoms with van der Waals surface area (Å²) in [7, 11) is 0. The maximum absolute atomic E-state index is 12.6. The highest BCUT2D eigenvalue weighted by atomic mass is 16.5. The van der Waals surface area contributed by atoms with E-state index in [1.54, 1.807) is 0 Å². The summed E-state index contributed by atoms with van der Waals surface area (Å²) >= 11 is 0. The van der Waals surface area contributed by atoms with Crippen molar-refractivity contribution < 1.29 is 14.3 Å². The molecule has 37 heavy (non-hydrogen) atoms. The zero-order valence-corrected chi connectivity index (χ0v) is 24.2. The summed E-state index contributed by atoms with van der Waals surface area (Å²) in [6, 6.07) is 7.65. The summed E-state index contributed by atoms with van der Waals surface area (Å²) in [5.41, 5.74) is 0.